The summed E-state index contributed by atoms with van der Waals surface area (Å²) in [6, 6.07) is 10.5. The van der Waals surface area contributed by atoms with Gasteiger partial charge in [-0.3, -0.25) is 0 Å². The van der Waals surface area contributed by atoms with Crippen molar-refractivity contribution in [2.75, 3.05) is 18.6 Å². The first-order valence-corrected chi connectivity index (χ1v) is 8.77. The quantitative estimate of drug-likeness (QED) is 0.655. The smallest absolute Gasteiger partial charge is 0.358 e. The fraction of sp³-hybridized carbons (Fsp3) is 0.316. The zero-order chi connectivity index (χ0) is 18.8. The number of nitrogens with zero attached hydrogens (tertiary/aromatic N) is 6. The van der Waals surface area contributed by atoms with Gasteiger partial charge in [0.25, 0.3) is 0 Å². The molecule has 0 amide bonds. The van der Waals surface area contributed by atoms with Crippen molar-refractivity contribution in [3.8, 4) is 0 Å². The van der Waals surface area contributed by atoms with Crippen LogP contribution in [0.4, 0.5) is 5.82 Å². The number of anilines is 1. The van der Waals surface area contributed by atoms with Crippen molar-refractivity contribution >= 4 is 11.8 Å². The van der Waals surface area contributed by atoms with Crippen molar-refractivity contribution in [3.05, 3.63) is 65.6 Å². The Morgan fingerprint density at radius 2 is 2.00 bits per heavy atom. The Labute approximate surface area is 156 Å². The molecule has 0 saturated heterocycles. The van der Waals surface area contributed by atoms with Crippen LogP contribution in [0, 0.1) is 0 Å². The predicted octanol–water partition coefficient (Wildman–Crippen LogP) is 2.03. The molecule has 3 heterocycles. The molecule has 27 heavy (non-hydrogen) atoms. The molecule has 138 valence electrons. The highest BCUT2D eigenvalue weighted by Crippen LogP contribution is 2.25. The zero-order valence-electron chi connectivity index (χ0n) is 15.2. The summed E-state index contributed by atoms with van der Waals surface area (Å²) in [6.45, 7) is 3.50. The Bertz CT molecular complexity index is 939. The summed E-state index contributed by atoms with van der Waals surface area (Å²) >= 11 is 0. The first-order valence-electron chi connectivity index (χ1n) is 8.77. The molecule has 8 heteroatoms. The predicted molar refractivity (Wildman–Crippen MR) is 98.4 cm³/mol. The SMILES string of the molecule is COC(=O)c1cnc(N2Cc3nnc(Cc4ccccc4)n3[C@@H](C)C2)cn1. The maximum absolute atomic E-state index is 11.5. The first kappa shape index (κ1) is 17.1. The van der Waals surface area contributed by atoms with Crippen molar-refractivity contribution in [3.63, 3.8) is 0 Å². The van der Waals surface area contributed by atoms with Gasteiger partial charge in [0.2, 0.25) is 0 Å². The highest BCUT2D eigenvalue weighted by Gasteiger charge is 2.27. The second-order valence-corrected chi connectivity index (χ2v) is 6.55. The summed E-state index contributed by atoms with van der Waals surface area (Å²) in [7, 11) is 1.32. The lowest BCUT2D eigenvalue weighted by molar-refractivity contribution is 0.0593. The van der Waals surface area contributed by atoms with Crippen LogP contribution in [-0.4, -0.2) is 44.4 Å². The van der Waals surface area contributed by atoms with E-state index < -0.39 is 5.97 Å². The molecule has 0 radical (unpaired) electrons. The van der Waals surface area contributed by atoms with Gasteiger partial charge in [-0.2, -0.15) is 0 Å². The Morgan fingerprint density at radius 3 is 2.70 bits per heavy atom. The van der Waals surface area contributed by atoms with E-state index in [-0.39, 0.29) is 11.7 Å². The molecule has 1 aliphatic heterocycles. The number of rotatable bonds is 4. The topological polar surface area (TPSA) is 86.0 Å². The molecule has 3 aromatic rings. The van der Waals surface area contributed by atoms with E-state index in [4.69, 9.17) is 0 Å². The van der Waals surface area contributed by atoms with Crippen molar-refractivity contribution < 1.29 is 9.53 Å². The summed E-state index contributed by atoms with van der Waals surface area (Å²) in [5.41, 5.74) is 1.41. The largest absolute Gasteiger partial charge is 0.464 e. The number of carbonyl (C=O) groups excluding carboxylic acids is 1. The maximum Gasteiger partial charge on any atom is 0.358 e. The summed E-state index contributed by atoms with van der Waals surface area (Å²) in [4.78, 5) is 22.1. The third kappa shape index (κ3) is 3.38. The monoisotopic (exact) mass is 364 g/mol. The minimum absolute atomic E-state index is 0.194. The average molecular weight is 364 g/mol. The van der Waals surface area contributed by atoms with E-state index in [1.165, 1.54) is 18.9 Å². The second kappa shape index (κ2) is 7.14. The van der Waals surface area contributed by atoms with Crippen LogP contribution >= 0.6 is 0 Å². The summed E-state index contributed by atoms with van der Waals surface area (Å²) in [5.74, 6) is 2.08. The van der Waals surface area contributed by atoms with Gasteiger partial charge in [0.05, 0.1) is 32.1 Å². The number of benzene rings is 1. The number of hydrogen-bond donors (Lipinski definition) is 0. The van der Waals surface area contributed by atoms with E-state index in [1.807, 2.05) is 18.2 Å². The molecule has 0 bridgehead atoms. The molecule has 0 saturated carbocycles. The number of ether oxygens (including phenoxy) is 1. The van der Waals surface area contributed by atoms with Crippen LogP contribution in [0.1, 0.15) is 40.7 Å². The Morgan fingerprint density at radius 1 is 1.19 bits per heavy atom. The molecular weight excluding hydrogens is 344 g/mol. The van der Waals surface area contributed by atoms with E-state index in [0.29, 0.717) is 12.4 Å². The molecular formula is C19H20N6O2. The van der Waals surface area contributed by atoms with Gasteiger partial charge in [0.15, 0.2) is 11.5 Å². The lowest BCUT2D eigenvalue weighted by Crippen LogP contribution is -2.37. The first-order chi connectivity index (χ1) is 13.2. The molecule has 0 unspecified atom stereocenters. The van der Waals surface area contributed by atoms with Crippen molar-refractivity contribution in [1.29, 1.82) is 0 Å². The highest BCUT2D eigenvalue weighted by molar-refractivity contribution is 5.86. The second-order valence-electron chi connectivity index (χ2n) is 6.55. The highest BCUT2D eigenvalue weighted by atomic mass is 16.5. The average Bonchev–Trinajstić information content (AvgIpc) is 3.11. The number of hydrogen-bond acceptors (Lipinski definition) is 7. The minimum atomic E-state index is -0.494. The Balaban J connectivity index is 1.55. The van der Waals surface area contributed by atoms with Gasteiger partial charge < -0.3 is 14.2 Å². The minimum Gasteiger partial charge on any atom is -0.464 e. The van der Waals surface area contributed by atoms with Crippen LogP contribution in [0.2, 0.25) is 0 Å². The Hall–Kier alpha value is -3.29. The van der Waals surface area contributed by atoms with Gasteiger partial charge >= 0.3 is 5.97 Å². The van der Waals surface area contributed by atoms with Crippen LogP contribution in [0.15, 0.2) is 42.7 Å². The molecule has 1 aliphatic rings. The van der Waals surface area contributed by atoms with Gasteiger partial charge in [-0.1, -0.05) is 30.3 Å². The molecule has 0 aliphatic carbocycles. The van der Waals surface area contributed by atoms with E-state index in [1.54, 1.807) is 6.20 Å². The van der Waals surface area contributed by atoms with E-state index in [0.717, 1.165) is 24.6 Å². The number of aromatic nitrogens is 5. The van der Waals surface area contributed by atoms with Crippen LogP contribution < -0.4 is 4.90 Å². The lowest BCUT2D eigenvalue weighted by Gasteiger charge is -2.33. The van der Waals surface area contributed by atoms with Crippen LogP contribution in [0.25, 0.3) is 0 Å². The summed E-state index contributed by atoms with van der Waals surface area (Å²) < 4.78 is 6.87. The fourth-order valence-corrected chi connectivity index (χ4v) is 3.38. The van der Waals surface area contributed by atoms with Crippen LogP contribution in [0.3, 0.4) is 0 Å². The van der Waals surface area contributed by atoms with Gasteiger partial charge in [-0.15, -0.1) is 10.2 Å². The maximum atomic E-state index is 11.5. The van der Waals surface area contributed by atoms with Crippen LogP contribution in [0.5, 0.6) is 0 Å². The zero-order valence-corrected chi connectivity index (χ0v) is 15.2. The Kier molecular flexibility index (Phi) is 4.53. The molecule has 0 N–H and O–H groups in total. The van der Waals surface area contributed by atoms with E-state index in [9.17, 15) is 4.79 Å². The lowest BCUT2D eigenvalue weighted by atomic mass is 10.1. The molecule has 4 rings (SSSR count). The number of esters is 1. The number of methoxy groups -OCH3 is 1. The van der Waals surface area contributed by atoms with Crippen LogP contribution in [-0.2, 0) is 17.7 Å². The molecule has 0 fully saturated rings. The van der Waals surface area contributed by atoms with Gasteiger partial charge in [-0.25, -0.2) is 14.8 Å². The van der Waals surface area contributed by atoms with Crippen molar-refractivity contribution in [1.82, 2.24) is 24.7 Å². The van der Waals surface area contributed by atoms with Gasteiger partial charge in [-0.05, 0) is 12.5 Å². The molecule has 1 atom stereocenters. The summed E-state index contributed by atoms with van der Waals surface area (Å²) in [5, 5.41) is 8.80. The number of carbonyl (C=O) groups is 1. The van der Waals surface area contributed by atoms with Gasteiger partial charge in [0.1, 0.15) is 11.6 Å². The third-order valence-electron chi connectivity index (χ3n) is 4.66. The number of fused-ring (bicyclic) bond motifs is 1. The van der Waals surface area contributed by atoms with Gasteiger partial charge in [0, 0.05) is 13.0 Å². The van der Waals surface area contributed by atoms with Crippen molar-refractivity contribution in [2.24, 2.45) is 0 Å². The molecule has 0 spiro atoms. The fourth-order valence-electron chi connectivity index (χ4n) is 3.38. The molecule has 8 nitrogen and oxygen atoms in total. The third-order valence-corrected chi connectivity index (χ3v) is 4.66. The van der Waals surface area contributed by atoms with Crippen molar-refractivity contribution in [2.45, 2.75) is 25.9 Å². The normalized spacial score (nSPS) is 16.1. The standard InChI is InChI=1S/C19H20N6O2/c1-13-11-24(17-10-20-15(9-21-17)19(26)27-2)12-18-23-22-16(25(13)18)8-14-6-4-3-5-7-14/h3-7,9-10,13H,8,11-12H2,1-2H3/t13-/m0/s1. The van der Waals surface area contributed by atoms with E-state index >= 15 is 0 Å². The molecule has 2 aromatic heterocycles. The summed E-state index contributed by atoms with van der Waals surface area (Å²) in [6.07, 6.45) is 3.79. The molecule has 1 aromatic carbocycles. The van der Waals surface area contributed by atoms with E-state index in [2.05, 4.69) is 53.4 Å².